The first-order valence-electron chi connectivity index (χ1n) is 7.13. The summed E-state index contributed by atoms with van der Waals surface area (Å²) >= 11 is 0. The van der Waals surface area contributed by atoms with Gasteiger partial charge in [-0.05, 0) is 25.0 Å². The lowest BCUT2D eigenvalue weighted by Gasteiger charge is -2.14. The average Bonchev–Trinajstić information content (AvgIpc) is 2.53. The fourth-order valence-electron chi connectivity index (χ4n) is 2.56. The van der Waals surface area contributed by atoms with Crippen LogP contribution in [-0.4, -0.2) is 5.97 Å². The topological polar surface area (TPSA) is 26.3 Å². The summed E-state index contributed by atoms with van der Waals surface area (Å²) in [5.41, 5.74) is 0. The van der Waals surface area contributed by atoms with Gasteiger partial charge in [0.15, 0.2) is 0 Å². The molecule has 1 aromatic carbocycles. The summed E-state index contributed by atoms with van der Waals surface area (Å²) in [4.78, 5) is 12.1. The van der Waals surface area contributed by atoms with Crippen LogP contribution in [0.1, 0.15) is 51.4 Å². The maximum absolute atomic E-state index is 12.1. The normalized spacial score (nSPS) is 18.4. The molecule has 1 aliphatic carbocycles. The predicted octanol–water partition coefficient (Wildman–Crippen LogP) is 4.34. The molecule has 0 amide bonds. The third kappa shape index (κ3) is 4.17. The molecule has 2 nitrogen and oxygen atoms in total. The lowest BCUT2D eigenvalue weighted by molar-refractivity contribution is -0.139. The van der Waals surface area contributed by atoms with E-state index in [1.165, 1.54) is 25.7 Å². The van der Waals surface area contributed by atoms with E-state index in [9.17, 15) is 4.79 Å². The third-order valence-corrected chi connectivity index (χ3v) is 3.65. The second-order valence-electron chi connectivity index (χ2n) is 5.13. The van der Waals surface area contributed by atoms with Crippen LogP contribution < -0.4 is 4.74 Å². The number of para-hydroxylation sites is 1. The van der Waals surface area contributed by atoms with Gasteiger partial charge < -0.3 is 4.74 Å². The molecular formula is C16H22O2. The van der Waals surface area contributed by atoms with Crippen molar-refractivity contribution in [2.45, 2.75) is 51.4 Å². The van der Waals surface area contributed by atoms with Gasteiger partial charge >= 0.3 is 5.97 Å². The molecule has 0 radical (unpaired) electrons. The molecule has 1 saturated carbocycles. The Kier molecular flexibility index (Phi) is 5.25. The van der Waals surface area contributed by atoms with Crippen LogP contribution in [0.5, 0.6) is 5.75 Å². The molecular weight excluding hydrogens is 224 g/mol. The van der Waals surface area contributed by atoms with Crippen molar-refractivity contribution in [3.63, 3.8) is 0 Å². The van der Waals surface area contributed by atoms with Gasteiger partial charge in [0.1, 0.15) is 5.75 Å². The van der Waals surface area contributed by atoms with Crippen molar-refractivity contribution >= 4 is 5.97 Å². The van der Waals surface area contributed by atoms with E-state index in [0.717, 1.165) is 25.7 Å². The van der Waals surface area contributed by atoms with Crippen LogP contribution >= 0.6 is 0 Å². The first-order valence-corrected chi connectivity index (χ1v) is 7.13. The Hall–Kier alpha value is -1.31. The van der Waals surface area contributed by atoms with Crippen LogP contribution in [0.15, 0.2) is 30.3 Å². The molecule has 0 saturated heterocycles. The quantitative estimate of drug-likeness (QED) is 0.573. The Morgan fingerprint density at radius 1 is 0.889 bits per heavy atom. The smallest absolute Gasteiger partial charge is 0.314 e. The molecule has 0 N–H and O–H groups in total. The maximum Gasteiger partial charge on any atom is 0.314 e. The van der Waals surface area contributed by atoms with E-state index >= 15 is 0 Å². The van der Waals surface area contributed by atoms with Gasteiger partial charge in [0, 0.05) is 0 Å². The summed E-state index contributed by atoms with van der Waals surface area (Å²) < 4.78 is 5.45. The molecule has 1 aromatic rings. The number of hydrogen-bond donors (Lipinski definition) is 0. The predicted molar refractivity (Wildman–Crippen MR) is 72.5 cm³/mol. The van der Waals surface area contributed by atoms with Crippen LogP contribution in [-0.2, 0) is 4.79 Å². The molecule has 0 spiro atoms. The van der Waals surface area contributed by atoms with Gasteiger partial charge in [-0.15, -0.1) is 0 Å². The molecule has 98 valence electrons. The molecule has 0 unspecified atom stereocenters. The Balaban J connectivity index is 1.89. The fourth-order valence-corrected chi connectivity index (χ4v) is 2.56. The van der Waals surface area contributed by atoms with Crippen LogP contribution in [0.4, 0.5) is 0 Å². The van der Waals surface area contributed by atoms with Gasteiger partial charge in [-0.1, -0.05) is 56.7 Å². The van der Waals surface area contributed by atoms with E-state index in [1.54, 1.807) is 0 Å². The lowest BCUT2D eigenvalue weighted by atomic mass is 9.97. The third-order valence-electron chi connectivity index (χ3n) is 3.65. The number of carbonyl (C=O) groups excluding carboxylic acids is 1. The van der Waals surface area contributed by atoms with E-state index in [0.29, 0.717) is 5.75 Å². The summed E-state index contributed by atoms with van der Waals surface area (Å²) in [6.07, 6.45) is 9.46. The van der Waals surface area contributed by atoms with Crippen LogP contribution in [0.25, 0.3) is 0 Å². The zero-order chi connectivity index (χ0) is 12.6. The van der Waals surface area contributed by atoms with Crippen molar-refractivity contribution in [1.29, 1.82) is 0 Å². The van der Waals surface area contributed by atoms with E-state index in [1.807, 2.05) is 30.3 Å². The summed E-state index contributed by atoms with van der Waals surface area (Å²) in [7, 11) is 0. The summed E-state index contributed by atoms with van der Waals surface area (Å²) in [6.45, 7) is 0. The molecule has 2 rings (SSSR count). The monoisotopic (exact) mass is 246 g/mol. The Morgan fingerprint density at radius 2 is 1.44 bits per heavy atom. The second-order valence-corrected chi connectivity index (χ2v) is 5.13. The second kappa shape index (κ2) is 7.20. The first kappa shape index (κ1) is 13.1. The van der Waals surface area contributed by atoms with Crippen molar-refractivity contribution in [3.05, 3.63) is 30.3 Å². The van der Waals surface area contributed by atoms with Crippen molar-refractivity contribution in [3.8, 4) is 5.75 Å². The highest BCUT2D eigenvalue weighted by molar-refractivity contribution is 5.75. The Morgan fingerprint density at radius 3 is 2.06 bits per heavy atom. The van der Waals surface area contributed by atoms with Crippen LogP contribution in [0.3, 0.4) is 0 Å². The van der Waals surface area contributed by atoms with E-state index in [4.69, 9.17) is 4.74 Å². The minimum atomic E-state index is -0.0388. The molecule has 2 heteroatoms. The van der Waals surface area contributed by atoms with E-state index < -0.39 is 0 Å². The number of rotatable bonds is 2. The fraction of sp³-hybridized carbons (Fsp3) is 0.562. The molecule has 0 bridgehead atoms. The van der Waals surface area contributed by atoms with Crippen molar-refractivity contribution in [2.75, 3.05) is 0 Å². The van der Waals surface area contributed by atoms with Gasteiger partial charge in [0.2, 0.25) is 0 Å². The molecule has 0 heterocycles. The molecule has 0 aromatic heterocycles. The van der Waals surface area contributed by atoms with E-state index in [2.05, 4.69) is 0 Å². The van der Waals surface area contributed by atoms with Gasteiger partial charge in [-0.25, -0.2) is 0 Å². The van der Waals surface area contributed by atoms with Crippen LogP contribution in [0, 0.1) is 5.92 Å². The molecule has 18 heavy (non-hydrogen) atoms. The summed E-state index contributed by atoms with van der Waals surface area (Å²) in [6, 6.07) is 9.40. The standard InChI is InChI=1S/C16H22O2/c17-16(18-15-12-8-5-9-13-15)14-10-6-3-1-2-4-7-11-14/h5,8-9,12-14H,1-4,6-7,10-11H2. The minimum absolute atomic E-state index is 0.0388. The molecule has 1 fully saturated rings. The number of benzene rings is 1. The highest BCUT2D eigenvalue weighted by Crippen LogP contribution is 2.23. The van der Waals surface area contributed by atoms with Gasteiger partial charge in [-0.2, -0.15) is 0 Å². The zero-order valence-corrected chi connectivity index (χ0v) is 10.9. The van der Waals surface area contributed by atoms with E-state index in [-0.39, 0.29) is 11.9 Å². The molecule has 1 aliphatic rings. The first-order chi connectivity index (χ1) is 8.86. The van der Waals surface area contributed by atoms with Crippen molar-refractivity contribution in [1.82, 2.24) is 0 Å². The number of hydrogen-bond acceptors (Lipinski definition) is 2. The van der Waals surface area contributed by atoms with Crippen LogP contribution in [0.2, 0.25) is 0 Å². The van der Waals surface area contributed by atoms with Gasteiger partial charge in [0.25, 0.3) is 0 Å². The van der Waals surface area contributed by atoms with Crippen molar-refractivity contribution < 1.29 is 9.53 Å². The molecule has 0 aliphatic heterocycles. The summed E-state index contributed by atoms with van der Waals surface area (Å²) in [5, 5.41) is 0. The van der Waals surface area contributed by atoms with Gasteiger partial charge in [-0.3, -0.25) is 4.79 Å². The minimum Gasteiger partial charge on any atom is -0.426 e. The maximum atomic E-state index is 12.1. The Bertz CT molecular complexity index is 349. The lowest BCUT2D eigenvalue weighted by Crippen LogP contribution is -2.20. The average molecular weight is 246 g/mol. The SMILES string of the molecule is O=C(Oc1ccccc1)C1CCCCCCCC1. The number of ether oxygens (including phenoxy) is 1. The highest BCUT2D eigenvalue weighted by atomic mass is 16.5. The van der Waals surface area contributed by atoms with Gasteiger partial charge in [0.05, 0.1) is 5.92 Å². The Labute approximate surface area is 109 Å². The largest absolute Gasteiger partial charge is 0.426 e. The number of carbonyl (C=O) groups is 1. The zero-order valence-electron chi connectivity index (χ0n) is 10.9. The van der Waals surface area contributed by atoms with Crippen molar-refractivity contribution in [2.24, 2.45) is 5.92 Å². The number of esters is 1. The molecule has 0 atom stereocenters. The summed E-state index contributed by atoms with van der Waals surface area (Å²) in [5.74, 6) is 0.730. The highest BCUT2D eigenvalue weighted by Gasteiger charge is 2.20.